The first-order valence-corrected chi connectivity index (χ1v) is 12.0. The van der Waals surface area contributed by atoms with Crippen molar-refractivity contribution < 1.29 is 17.9 Å². The Bertz CT molecular complexity index is 1480. The number of pyridine rings is 1. The molecule has 0 bridgehead atoms. The van der Waals surface area contributed by atoms with Crippen molar-refractivity contribution in [1.82, 2.24) is 34.4 Å². The molecule has 12 nitrogen and oxygen atoms in total. The third-order valence-corrected chi connectivity index (χ3v) is 7.33. The number of hydrogen-bond donors (Lipinski definition) is 1. The summed E-state index contributed by atoms with van der Waals surface area (Å²) < 4.78 is 27.9. The van der Waals surface area contributed by atoms with Gasteiger partial charge in [-0.2, -0.15) is 9.04 Å². The van der Waals surface area contributed by atoms with Gasteiger partial charge in [0.05, 0.1) is 17.2 Å². The van der Waals surface area contributed by atoms with Crippen molar-refractivity contribution in [1.29, 1.82) is 0 Å². The summed E-state index contributed by atoms with van der Waals surface area (Å²) in [5.41, 5.74) is 1.22. The number of nitrogens with zero attached hydrogens (tertiary/aromatic N) is 7. The molecule has 1 amide bonds. The van der Waals surface area contributed by atoms with Crippen LogP contribution in [0.4, 0.5) is 0 Å². The maximum Gasteiger partial charge on any atom is 0.276 e. The highest BCUT2D eigenvalue weighted by atomic mass is 35.5. The van der Waals surface area contributed by atoms with Gasteiger partial charge in [0.15, 0.2) is 11.9 Å². The lowest BCUT2D eigenvalue weighted by Crippen LogP contribution is -2.50. The molecule has 0 saturated carbocycles. The largest absolute Gasteiger partial charge is 0.618 e. The first kappa shape index (κ1) is 22.1. The van der Waals surface area contributed by atoms with Gasteiger partial charge in [-0.3, -0.25) is 4.79 Å². The number of H-pyrrole nitrogens is 1. The minimum atomic E-state index is -3.88. The van der Waals surface area contributed by atoms with Gasteiger partial charge in [0.1, 0.15) is 0 Å². The maximum atomic E-state index is 13.0. The molecule has 14 heteroatoms. The van der Waals surface area contributed by atoms with E-state index in [0.717, 1.165) is 0 Å². The van der Waals surface area contributed by atoms with Crippen LogP contribution in [0.2, 0.25) is 5.02 Å². The van der Waals surface area contributed by atoms with E-state index in [1.165, 1.54) is 21.6 Å². The number of aromatic nitrogens is 6. The van der Waals surface area contributed by atoms with Crippen LogP contribution in [0.15, 0.2) is 53.9 Å². The van der Waals surface area contributed by atoms with Crippen LogP contribution >= 0.6 is 11.6 Å². The summed E-state index contributed by atoms with van der Waals surface area (Å²) in [5, 5.41) is 19.9. The first-order chi connectivity index (χ1) is 16.3. The lowest BCUT2D eigenvalue weighted by molar-refractivity contribution is -0.594. The van der Waals surface area contributed by atoms with E-state index in [1.54, 1.807) is 36.4 Å². The molecule has 1 aliphatic heterocycles. The number of amides is 1. The van der Waals surface area contributed by atoms with E-state index in [2.05, 4.69) is 25.1 Å². The second-order valence-electron chi connectivity index (χ2n) is 7.48. The molecule has 174 valence electrons. The number of fused-ring (bicyclic) bond motifs is 1. The number of nitrogens with one attached hydrogen (secondary N) is 1. The Labute approximate surface area is 198 Å². The zero-order valence-electron chi connectivity index (χ0n) is 17.5. The minimum absolute atomic E-state index is 0.00241. The molecule has 1 N–H and O–H groups in total. The topological polar surface area (TPSA) is 152 Å². The van der Waals surface area contributed by atoms with Gasteiger partial charge in [0, 0.05) is 43.3 Å². The predicted octanol–water partition coefficient (Wildman–Crippen LogP) is 0.848. The Morgan fingerprint density at radius 2 is 1.91 bits per heavy atom. The highest BCUT2D eigenvalue weighted by Crippen LogP contribution is 2.22. The maximum absolute atomic E-state index is 13.0. The molecule has 0 spiro atoms. The molecular weight excluding hydrogens is 484 g/mol. The molecule has 34 heavy (non-hydrogen) atoms. The highest BCUT2D eigenvalue weighted by molar-refractivity contribution is 7.89. The van der Waals surface area contributed by atoms with E-state index < -0.39 is 15.9 Å². The van der Waals surface area contributed by atoms with Gasteiger partial charge < -0.3 is 15.1 Å². The number of imidazole rings is 1. The third-order valence-electron chi connectivity index (χ3n) is 5.37. The van der Waals surface area contributed by atoms with Crippen molar-refractivity contribution in [2.45, 2.75) is 5.16 Å². The Morgan fingerprint density at radius 1 is 1.12 bits per heavy atom. The normalized spacial score (nSPS) is 15.0. The number of carbonyl (C=O) groups excluding carboxylic acids is 1. The molecule has 1 aromatic carbocycles. The van der Waals surface area contributed by atoms with E-state index in [4.69, 9.17) is 11.6 Å². The van der Waals surface area contributed by atoms with E-state index in [-0.39, 0.29) is 48.5 Å². The number of carbonyl (C=O) groups is 1. The molecule has 0 aliphatic carbocycles. The van der Waals surface area contributed by atoms with Crippen LogP contribution in [-0.4, -0.2) is 74.9 Å². The molecule has 1 fully saturated rings. The van der Waals surface area contributed by atoms with Crippen LogP contribution in [0.5, 0.6) is 0 Å². The van der Waals surface area contributed by atoms with Crippen LogP contribution < -0.4 is 4.73 Å². The summed E-state index contributed by atoms with van der Waals surface area (Å²) in [4.78, 5) is 25.3. The number of hydrogen-bond acceptors (Lipinski definition) is 8. The Balaban J connectivity index is 1.27. The second-order valence-corrected chi connectivity index (χ2v) is 9.77. The highest BCUT2D eigenvalue weighted by Gasteiger charge is 2.33. The van der Waals surface area contributed by atoms with Gasteiger partial charge in [-0.15, -0.1) is 10.2 Å². The summed E-state index contributed by atoms with van der Waals surface area (Å²) in [6, 6.07) is 9.66. The molecule has 0 atom stereocenters. The Hall–Kier alpha value is -3.68. The summed E-state index contributed by atoms with van der Waals surface area (Å²) in [6.07, 6.45) is 2.56. The van der Waals surface area contributed by atoms with Crippen molar-refractivity contribution >= 4 is 38.6 Å². The first-order valence-electron chi connectivity index (χ1n) is 10.2. The zero-order chi connectivity index (χ0) is 23.9. The molecule has 0 unspecified atom stereocenters. The van der Waals surface area contributed by atoms with Crippen LogP contribution in [0.25, 0.3) is 22.6 Å². The van der Waals surface area contributed by atoms with E-state index in [9.17, 15) is 18.4 Å². The van der Waals surface area contributed by atoms with Gasteiger partial charge in [-0.25, -0.2) is 18.4 Å². The monoisotopic (exact) mass is 500 g/mol. The van der Waals surface area contributed by atoms with E-state index >= 15 is 0 Å². The molecule has 3 aromatic heterocycles. The molecule has 1 saturated heterocycles. The summed E-state index contributed by atoms with van der Waals surface area (Å²) in [5.74, 6) is -0.333. The van der Waals surface area contributed by atoms with Gasteiger partial charge in [0.2, 0.25) is 11.0 Å². The van der Waals surface area contributed by atoms with Crippen molar-refractivity contribution in [2.75, 3.05) is 26.2 Å². The molecular formula is C20H17ClN8O4S. The second kappa shape index (κ2) is 8.59. The number of piperazine rings is 1. The van der Waals surface area contributed by atoms with Gasteiger partial charge in [0.25, 0.3) is 21.6 Å². The fraction of sp³-hybridized carbons (Fsp3) is 0.200. The number of halogens is 1. The average molecular weight is 501 g/mol. The quantitative estimate of drug-likeness (QED) is 0.319. The number of benzene rings is 1. The Morgan fingerprint density at radius 3 is 2.62 bits per heavy atom. The lowest BCUT2D eigenvalue weighted by atomic mass is 10.3. The van der Waals surface area contributed by atoms with Crippen molar-refractivity contribution in [3.63, 3.8) is 0 Å². The SMILES string of the molecule is O=C(c1cnc(-c2cccc[n+]2[O-])nn1)N1CCN(S(=O)(=O)c2nc3ccc(Cl)cc3[nH]2)CC1. The van der Waals surface area contributed by atoms with Crippen LogP contribution in [0.1, 0.15) is 10.5 Å². The molecule has 4 heterocycles. The van der Waals surface area contributed by atoms with E-state index in [0.29, 0.717) is 20.8 Å². The molecule has 5 rings (SSSR count). The van der Waals surface area contributed by atoms with Crippen LogP contribution in [0, 0.1) is 5.21 Å². The molecule has 4 aromatic rings. The minimum Gasteiger partial charge on any atom is -0.618 e. The summed E-state index contributed by atoms with van der Waals surface area (Å²) >= 11 is 5.96. The fourth-order valence-corrected chi connectivity index (χ4v) is 5.10. The van der Waals surface area contributed by atoms with Gasteiger partial charge in [-0.1, -0.05) is 11.6 Å². The van der Waals surface area contributed by atoms with Gasteiger partial charge >= 0.3 is 0 Å². The van der Waals surface area contributed by atoms with Crippen molar-refractivity contribution in [2.24, 2.45) is 0 Å². The van der Waals surface area contributed by atoms with Crippen molar-refractivity contribution in [3.05, 3.63) is 64.7 Å². The average Bonchev–Trinajstić information content (AvgIpc) is 3.28. The molecule has 1 aliphatic rings. The van der Waals surface area contributed by atoms with Crippen LogP contribution in [-0.2, 0) is 10.0 Å². The lowest BCUT2D eigenvalue weighted by Gasteiger charge is -2.33. The number of sulfonamides is 1. The van der Waals surface area contributed by atoms with E-state index in [1.807, 2.05) is 0 Å². The third kappa shape index (κ3) is 4.04. The van der Waals surface area contributed by atoms with Crippen LogP contribution in [0.3, 0.4) is 0 Å². The van der Waals surface area contributed by atoms with Gasteiger partial charge in [-0.05, 0) is 24.3 Å². The smallest absolute Gasteiger partial charge is 0.276 e. The summed E-state index contributed by atoms with van der Waals surface area (Å²) in [6.45, 7) is 0.496. The molecule has 0 radical (unpaired) electrons. The number of rotatable bonds is 4. The zero-order valence-corrected chi connectivity index (χ0v) is 19.1. The standard InChI is InChI=1S/C20H17ClN8O4S/c21-13-4-5-14-15(11-13)24-20(23-14)34(32,33)28-9-7-27(8-10-28)19(30)16-12-22-18(26-25-16)17-3-1-2-6-29(17)31/h1-6,11-12H,7-10H2,(H,23,24). The summed E-state index contributed by atoms with van der Waals surface area (Å²) in [7, 11) is -3.88. The predicted molar refractivity (Wildman–Crippen MR) is 120 cm³/mol. The Kier molecular flexibility index (Phi) is 5.59. The van der Waals surface area contributed by atoms with Crippen molar-refractivity contribution in [3.8, 4) is 11.5 Å². The number of aromatic amines is 1. The fourth-order valence-electron chi connectivity index (χ4n) is 3.59.